The number of amides is 1. The Morgan fingerprint density at radius 1 is 1.21 bits per heavy atom. The summed E-state index contributed by atoms with van der Waals surface area (Å²) < 4.78 is 39.0. The van der Waals surface area contributed by atoms with Crippen LogP contribution in [0, 0.1) is 5.92 Å². The molecule has 0 bridgehead atoms. The molecule has 0 saturated heterocycles. The molecule has 1 aromatic heterocycles. The van der Waals surface area contributed by atoms with Gasteiger partial charge in [0.25, 0.3) is 0 Å². The van der Waals surface area contributed by atoms with Crippen LogP contribution >= 0.6 is 15.9 Å². The molecule has 9 heteroatoms. The molecule has 0 saturated carbocycles. The molecule has 2 N–H and O–H groups in total. The van der Waals surface area contributed by atoms with Crippen LogP contribution in [0.15, 0.2) is 56.4 Å². The second-order valence-corrected chi connectivity index (χ2v) is 9.20. The average molecular weight is 473 g/mol. The summed E-state index contributed by atoms with van der Waals surface area (Å²) >= 11 is 3.27. The van der Waals surface area contributed by atoms with E-state index in [1.807, 2.05) is 6.07 Å². The lowest BCUT2D eigenvalue weighted by Crippen LogP contribution is -2.49. The van der Waals surface area contributed by atoms with Crippen molar-refractivity contribution in [3.05, 3.63) is 52.9 Å². The Bertz CT molecular complexity index is 836. The van der Waals surface area contributed by atoms with Gasteiger partial charge >= 0.3 is 0 Å². The van der Waals surface area contributed by atoms with Crippen LogP contribution in [-0.4, -0.2) is 33.5 Å². The number of hydrogen-bond acceptors (Lipinski definition) is 5. The molecule has 0 aliphatic rings. The minimum Gasteiger partial charge on any atom is -0.467 e. The van der Waals surface area contributed by atoms with Gasteiger partial charge < -0.3 is 14.5 Å². The first-order valence-electron chi connectivity index (χ1n) is 8.95. The summed E-state index contributed by atoms with van der Waals surface area (Å²) in [5.74, 6) is 0.174. The zero-order chi connectivity index (χ0) is 20.6. The Morgan fingerprint density at radius 2 is 1.93 bits per heavy atom. The third-order valence-corrected chi connectivity index (χ3v) is 5.93. The number of rotatable bonds is 11. The summed E-state index contributed by atoms with van der Waals surface area (Å²) in [6, 6.07) is 9.00. The third-order valence-electron chi connectivity index (χ3n) is 3.94. The van der Waals surface area contributed by atoms with Gasteiger partial charge in [-0.15, -0.1) is 0 Å². The first-order valence-corrected chi connectivity index (χ1v) is 11.2. The standard InChI is InChI=1S/C19H25BrN2O5S/c1-14(2)18(22-28(24,25)17-8-6-15(20)7-9-17)19(23)21-10-4-11-26-13-16-5-3-12-27-16/h3,5-9,12,14,18,22H,4,10-11,13H2,1-2H3,(H,21,23)/t18-/m0/s1. The van der Waals surface area contributed by atoms with Gasteiger partial charge in [0, 0.05) is 17.6 Å². The summed E-state index contributed by atoms with van der Waals surface area (Å²) in [6.07, 6.45) is 2.19. The molecule has 0 aliphatic heterocycles. The number of nitrogens with one attached hydrogen (secondary N) is 2. The molecule has 0 fully saturated rings. The van der Waals surface area contributed by atoms with E-state index >= 15 is 0 Å². The van der Waals surface area contributed by atoms with Crippen LogP contribution in [0.25, 0.3) is 0 Å². The van der Waals surface area contributed by atoms with E-state index in [-0.39, 0.29) is 16.7 Å². The molecular formula is C19H25BrN2O5S. The van der Waals surface area contributed by atoms with E-state index in [1.165, 1.54) is 12.1 Å². The maximum Gasteiger partial charge on any atom is 0.241 e. The lowest BCUT2D eigenvalue weighted by molar-refractivity contribution is -0.123. The van der Waals surface area contributed by atoms with Crippen molar-refractivity contribution in [3.63, 3.8) is 0 Å². The number of carbonyl (C=O) groups is 1. The van der Waals surface area contributed by atoms with Crippen molar-refractivity contribution in [2.24, 2.45) is 5.92 Å². The first-order chi connectivity index (χ1) is 13.3. The Hall–Kier alpha value is -1.68. The smallest absolute Gasteiger partial charge is 0.241 e. The molecule has 1 amide bonds. The van der Waals surface area contributed by atoms with Gasteiger partial charge in [-0.2, -0.15) is 4.72 Å². The summed E-state index contributed by atoms with van der Waals surface area (Å²) in [4.78, 5) is 12.6. The monoisotopic (exact) mass is 472 g/mol. The number of benzene rings is 1. The first kappa shape index (κ1) is 22.6. The van der Waals surface area contributed by atoms with Crippen molar-refractivity contribution >= 4 is 31.9 Å². The zero-order valence-electron chi connectivity index (χ0n) is 15.9. The summed E-state index contributed by atoms with van der Waals surface area (Å²) in [6.45, 7) is 4.81. The molecular weight excluding hydrogens is 448 g/mol. The molecule has 1 atom stereocenters. The Morgan fingerprint density at radius 3 is 2.54 bits per heavy atom. The SMILES string of the molecule is CC(C)[C@H](NS(=O)(=O)c1ccc(Br)cc1)C(=O)NCCCOCc1ccco1. The molecule has 2 aromatic rings. The topological polar surface area (TPSA) is 97.6 Å². The fraction of sp³-hybridized carbons (Fsp3) is 0.421. The predicted octanol–water partition coefficient (Wildman–Crippen LogP) is 3.07. The van der Waals surface area contributed by atoms with Crippen molar-refractivity contribution in [3.8, 4) is 0 Å². The lowest BCUT2D eigenvalue weighted by atomic mass is 10.1. The van der Waals surface area contributed by atoms with Crippen molar-refractivity contribution < 1.29 is 22.4 Å². The van der Waals surface area contributed by atoms with Crippen LogP contribution in [0.5, 0.6) is 0 Å². The highest BCUT2D eigenvalue weighted by Crippen LogP contribution is 2.16. The minimum absolute atomic E-state index is 0.112. The van der Waals surface area contributed by atoms with Gasteiger partial charge in [-0.3, -0.25) is 4.79 Å². The third kappa shape index (κ3) is 7.05. The van der Waals surface area contributed by atoms with Gasteiger partial charge in [-0.1, -0.05) is 29.8 Å². The molecule has 0 spiro atoms. The average Bonchev–Trinajstić information content (AvgIpc) is 3.16. The van der Waals surface area contributed by atoms with Gasteiger partial charge in [-0.05, 0) is 48.7 Å². The molecule has 1 heterocycles. The fourth-order valence-electron chi connectivity index (χ4n) is 2.40. The van der Waals surface area contributed by atoms with E-state index in [0.29, 0.717) is 26.2 Å². The van der Waals surface area contributed by atoms with E-state index in [0.717, 1.165) is 10.2 Å². The van der Waals surface area contributed by atoms with Gasteiger partial charge in [0.05, 0.1) is 11.2 Å². The predicted molar refractivity (Wildman–Crippen MR) is 109 cm³/mol. The number of halogens is 1. The van der Waals surface area contributed by atoms with Crippen molar-refractivity contribution in [1.82, 2.24) is 10.0 Å². The molecule has 7 nitrogen and oxygen atoms in total. The highest BCUT2D eigenvalue weighted by atomic mass is 79.9. The Labute approximate surface area is 174 Å². The van der Waals surface area contributed by atoms with E-state index in [9.17, 15) is 13.2 Å². The molecule has 0 unspecified atom stereocenters. The van der Waals surface area contributed by atoms with E-state index in [1.54, 1.807) is 38.3 Å². The highest BCUT2D eigenvalue weighted by molar-refractivity contribution is 9.10. The van der Waals surface area contributed by atoms with Crippen LogP contribution in [0.1, 0.15) is 26.0 Å². The molecule has 154 valence electrons. The van der Waals surface area contributed by atoms with Crippen LogP contribution in [-0.2, 0) is 26.2 Å². The molecule has 0 radical (unpaired) electrons. The van der Waals surface area contributed by atoms with Crippen molar-refractivity contribution in [1.29, 1.82) is 0 Å². The van der Waals surface area contributed by atoms with Gasteiger partial charge in [-0.25, -0.2) is 8.42 Å². The second-order valence-electron chi connectivity index (χ2n) is 6.57. The fourth-order valence-corrected chi connectivity index (χ4v) is 4.01. The van der Waals surface area contributed by atoms with Crippen molar-refractivity contribution in [2.75, 3.05) is 13.2 Å². The Balaban J connectivity index is 1.81. The number of hydrogen-bond donors (Lipinski definition) is 2. The number of furan rings is 1. The molecule has 28 heavy (non-hydrogen) atoms. The second kappa shape index (κ2) is 10.8. The quantitative estimate of drug-likeness (QED) is 0.489. The number of carbonyl (C=O) groups excluding carboxylic acids is 1. The number of ether oxygens (including phenoxy) is 1. The lowest BCUT2D eigenvalue weighted by Gasteiger charge is -2.21. The summed E-state index contributed by atoms with van der Waals surface area (Å²) in [5.41, 5.74) is 0. The minimum atomic E-state index is -3.80. The molecule has 2 rings (SSSR count). The van der Waals surface area contributed by atoms with E-state index in [4.69, 9.17) is 9.15 Å². The van der Waals surface area contributed by atoms with Crippen LogP contribution < -0.4 is 10.0 Å². The maximum atomic E-state index is 12.6. The van der Waals surface area contributed by atoms with Crippen LogP contribution in [0.3, 0.4) is 0 Å². The van der Waals surface area contributed by atoms with Gasteiger partial charge in [0.1, 0.15) is 18.4 Å². The van der Waals surface area contributed by atoms with Crippen LogP contribution in [0.4, 0.5) is 0 Å². The Kier molecular flexibility index (Phi) is 8.68. The molecule has 1 aromatic carbocycles. The zero-order valence-corrected chi connectivity index (χ0v) is 18.3. The van der Waals surface area contributed by atoms with Gasteiger partial charge in [0.15, 0.2) is 0 Å². The van der Waals surface area contributed by atoms with Crippen LogP contribution in [0.2, 0.25) is 0 Å². The van der Waals surface area contributed by atoms with E-state index in [2.05, 4.69) is 26.0 Å². The van der Waals surface area contributed by atoms with Gasteiger partial charge in [0.2, 0.25) is 15.9 Å². The van der Waals surface area contributed by atoms with E-state index < -0.39 is 16.1 Å². The van der Waals surface area contributed by atoms with Crippen molar-refractivity contribution in [2.45, 2.75) is 37.8 Å². The normalized spacial score (nSPS) is 12.9. The summed E-state index contributed by atoms with van der Waals surface area (Å²) in [5, 5.41) is 2.76. The summed E-state index contributed by atoms with van der Waals surface area (Å²) in [7, 11) is -3.80. The molecule has 0 aliphatic carbocycles. The number of sulfonamides is 1. The highest BCUT2D eigenvalue weighted by Gasteiger charge is 2.28. The largest absolute Gasteiger partial charge is 0.467 e. The maximum absolute atomic E-state index is 12.6.